The Balaban J connectivity index is 1.84. The van der Waals surface area contributed by atoms with E-state index in [0.717, 1.165) is 23.4 Å². The fourth-order valence-corrected chi connectivity index (χ4v) is 2.55. The third-order valence-corrected chi connectivity index (χ3v) is 3.72. The van der Waals surface area contributed by atoms with E-state index in [4.69, 9.17) is 0 Å². The molecule has 0 spiro atoms. The van der Waals surface area contributed by atoms with Gasteiger partial charge in [-0.2, -0.15) is 5.10 Å². The lowest BCUT2D eigenvalue weighted by Crippen LogP contribution is -2.27. The Morgan fingerprint density at radius 2 is 1.85 bits per heavy atom. The van der Waals surface area contributed by atoms with Gasteiger partial charge in [-0.05, 0) is 39.3 Å². The fraction of sp³-hybridized carbons (Fsp3) is 0.368. The number of hydrogen-bond donors (Lipinski definition) is 1. The van der Waals surface area contributed by atoms with E-state index < -0.39 is 0 Å². The van der Waals surface area contributed by atoms with Crippen LogP contribution < -0.4 is 10.9 Å². The van der Waals surface area contributed by atoms with Crippen LogP contribution in [-0.4, -0.2) is 29.9 Å². The first-order valence-electron chi connectivity index (χ1n) is 8.73. The zero-order chi connectivity index (χ0) is 18.7. The van der Waals surface area contributed by atoms with Gasteiger partial charge in [0.05, 0.1) is 11.4 Å². The molecule has 0 radical (unpaired) electrons. The van der Waals surface area contributed by atoms with Crippen LogP contribution in [0.4, 0.5) is 5.95 Å². The van der Waals surface area contributed by atoms with Gasteiger partial charge in [-0.3, -0.25) is 4.79 Å². The van der Waals surface area contributed by atoms with E-state index in [1.807, 2.05) is 25.4 Å². The molecule has 0 amide bonds. The topological polar surface area (TPSA) is 77.6 Å². The third kappa shape index (κ3) is 4.17. The third-order valence-electron chi connectivity index (χ3n) is 3.72. The number of hydrogen-bond acceptors (Lipinski definition) is 5. The van der Waals surface area contributed by atoms with E-state index in [9.17, 15) is 4.79 Å². The molecule has 0 atom stereocenters. The molecule has 136 valence electrons. The van der Waals surface area contributed by atoms with Crippen LogP contribution in [0.3, 0.4) is 0 Å². The van der Waals surface area contributed by atoms with E-state index >= 15 is 0 Å². The number of aryl methyl sites for hydroxylation is 1. The monoisotopic (exact) mass is 352 g/mol. The molecule has 1 N–H and O–H groups in total. The largest absolute Gasteiger partial charge is 0.350 e. The average molecular weight is 352 g/mol. The molecular weight excluding hydrogens is 328 g/mol. The van der Waals surface area contributed by atoms with Crippen LogP contribution in [0, 0.1) is 0 Å². The summed E-state index contributed by atoms with van der Waals surface area (Å²) in [6.07, 6.45) is 8.11. The lowest BCUT2D eigenvalue weighted by molar-refractivity contribution is 0.626. The zero-order valence-corrected chi connectivity index (χ0v) is 15.6. The quantitative estimate of drug-likeness (QED) is 0.763. The lowest BCUT2D eigenvalue weighted by Gasteiger charge is -2.20. The van der Waals surface area contributed by atoms with E-state index in [0.29, 0.717) is 12.5 Å². The smallest absolute Gasteiger partial charge is 0.250 e. The summed E-state index contributed by atoms with van der Waals surface area (Å²) in [5, 5.41) is 7.82. The molecule has 0 aliphatic heterocycles. The molecule has 0 saturated carbocycles. The standard InChI is InChI=1S/C19H24N6O/c1-5-9-24-13-15(6-7-17(24)26)25-10-8-16(23-25)14-11-20-18(21-12-14)22-19(2,3)4/h6-8,10-13H,5,9H2,1-4H3,(H,20,21,22). The maximum atomic E-state index is 11.9. The Morgan fingerprint density at radius 3 is 2.50 bits per heavy atom. The molecule has 3 rings (SSSR count). The molecule has 7 heteroatoms. The van der Waals surface area contributed by atoms with Crippen molar-refractivity contribution in [3.8, 4) is 16.9 Å². The van der Waals surface area contributed by atoms with Crippen LogP contribution in [-0.2, 0) is 6.54 Å². The molecule has 7 nitrogen and oxygen atoms in total. The Hall–Kier alpha value is -2.96. The molecule has 3 aromatic heterocycles. The normalized spacial score (nSPS) is 11.5. The number of nitrogens with zero attached hydrogens (tertiary/aromatic N) is 5. The van der Waals surface area contributed by atoms with E-state index in [1.165, 1.54) is 0 Å². The predicted octanol–water partition coefficient (Wildman–Crippen LogP) is 3.11. The SMILES string of the molecule is CCCn1cc(-n2ccc(-c3cnc(NC(C)(C)C)nc3)n2)ccc1=O. The molecule has 0 bridgehead atoms. The van der Waals surface area contributed by atoms with Gasteiger partial charge in [0.25, 0.3) is 5.56 Å². The summed E-state index contributed by atoms with van der Waals surface area (Å²) in [6, 6.07) is 5.26. The van der Waals surface area contributed by atoms with Crippen LogP contribution >= 0.6 is 0 Å². The number of rotatable bonds is 5. The van der Waals surface area contributed by atoms with Gasteiger partial charge in [0.15, 0.2) is 0 Å². The predicted molar refractivity (Wildman–Crippen MR) is 103 cm³/mol. The number of nitrogens with one attached hydrogen (secondary N) is 1. The molecule has 0 aromatic carbocycles. The maximum Gasteiger partial charge on any atom is 0.250 e. The summed E-state index contributed by atoms with van der Waals surface area (Å²) in [5.41, 5.74) is 2.37. The van der Waals surface area contributed by atoms with Crippen molar-refractivity contribution in [3.63, 3.8) is 0 Å². The number of aromatic nitrogens is 5. The minimum Gasteiger partial charge on any atom is -0.350 e. The summed E-state index contributed by atoms with van der Waals surface area (Å²) >= 11 is 0. The lowest BCUT2D eigenvalue weighted by atomic mass is 10.1. The van der Waals surface area contributed by atoms with Crippen molar-refractivity contribution in [3.05, 3.63) is 53.3 Å². The first kappa shape index (κ1) is 17.8. The van der Waals surface area contributed by atoms with Gasteiger partial charge < -0.3 is 9.88 Å². The van der Waals surface area contributed by atoms with Gasteiger partial charge in [0.2, 0.25) is 5.95 Å². The highest BCUT2D eigenvalue weighted by Crippen LogP contribution is 2.18. The molecule has 0 aliphatic rings. The van der Waals surface area contributed by atoms with Crippen molar-refractivity contribution < 1.29 is 0 Å². The van der Waals surface area contributed by atoms with Crippen LogP contribution in [0.2, 0.25) is 0 Å². The molecular formula is C19H24N6O. The summed E-state index contributed by atoms with van der Waals surface area (Å²) in [5.74, 6) is 0.590. The van der Waals surface area contributed by atoms with Crippen LogP contribution in [0.15, 0.2) is 47.8 Å². The maximum absolute atomic E-state index is 11.9. The summed E-state index contributed by atoms with van der Waals surface area (Å²) < 4.78 is 3.45. The Kier molecular flexibility index (Phi) is 4.88. The second-order valence-corrected chi connectivity index (χ2v) is 7.23. The minimum atomic E-state index is -0.0926. The van der Waals surface area contributed by atoms with E-state index in [-0.39, 0.29) is 11.1 Å². The Labute approximate surface area is 152 Å². The van der Waals surface area contributed by atoms with Gasteiger partial charge in [-0.25, -0.2) is 14.6 Å². The second-order valence-electron chi connectivity index (χ2n) is 7.23. The number of pyridine rings is 1. The Morgan fingerprint density at radius 1 is 1.12 bits per heavy atom. The van der Waals surface area contributed by atoms with Gasteiger partial charge in [0, 0.05) is 48.5 Å². The van der Waals surface area contributed by atoms with Crippen LogP contribution in [0.1, 0.15) is 34.1 Å². The van der Waals surface area contributed by atoms with Crippen LogP contribution in [0.25, 0.3) is 16.9 Å². The zero-order valence-electron chi connectivity index (χ0n) is 15.6. The van der Waals surface area contributed by atoms with Gasteiger partial charge in [0.1, 0.15) is 0 Å². The first-order valence-corrected chi connectivity index (χ1v) is 8.73. The van der Waals surface area contributed by atoms with Crippen molar-refractivity contribution in [2.24, 2.45) is 0 Å². The molecule has 26 heavy (non-hydrogen) atoms. The molecule has 3 heterocycles. The van der Waals surface area contributed by atoms with E-state index in [1.54, 1.807) is 33.8 Å². The Bertz CT molecular complexity index is 934. The summed E-state index contributed by atoms with van der Waals surface area (Å²) in [7, 11) is 0. The molecule has 0 saturated heterocycles. The highest BCUT2D eigenvalue weighted by atomic mass is 16.1. The molecule has 0 fully saturated rings. The highest BCUT2D eigenvalue weighted by Gasteiger charge is 2.12. The van der Waals surface area contributed by atoms with Crippen LogP contribution in [0.5, 0.6) is 0 Å². The van der Waals surface area contributed by atoms with Crippen molar-refractivity contribution in [1.29, 1.82) is 0 Å². The molecule has 0 unspecified atom stereocenters. The molecule has 3 aromatic rings. The first-order chi connectivity index (χ1) is 12.4. The number of anilines is 1. The van der Waals surface area contributed by atoms with E-state index in [2.05, 4.69) is 41.2 Å². The average Bonchev–Trinajstić information content (AvgIpc) is 3.06. The van der Waals surface area contributed by atoms with Crippen molar-refractivity contribution in [2.75, 3.05) is 5.32 Å². The highest BCUT2D eigenvalue weighted by molar-refractivity contribution is 5.57. The second kappa shape index (κ2) is 7.11. The van der Waals surface area contributed by atoms with Crippen molar-refractivity contribution >= 4 is 5.95 Å². The minimum absolute atomic E-state index is 0.00156. The van der Waals surface area contributed by atoms with Gasteiger partial charge in [-0.1, -0.05) is 6.92 Å². The van der Waals surface area contributed by atoms with Gasteiger partial charge in [-0.15, -0.1) is 0 Å². The van der Waals surface area contributed by atoms with Crippen molar-refractivity contribution in [2.45, 2.75) is 46.2 Å². The summed E-state index contributed by atoms with van der Waals surface area (Å²) in [4.78, 5) is 20.6. The van der Waals surface area contributed by atoms with Crippen molar-refractivity contribution in [1.82, 2.24) is 24.3 Å². The van der Waals surface area contributed by atoms with Gasteiger partial charge >= 0.3 is 0 Å². The summed E-state index contributed by atoms with van der Waals surface area (Å²) in [6.45, 7) is 8.91. The molecule has 0 aliphatic carbocycles. The fourth-order valence-electron chi connectivity index (χ4n) is 2.55.